The molecule has 0 fully saturated rings. The molecule has 7 heteroatoms. The number of non-ortho nitro benzene ring substituents is 1. The number of anilines is 1. The highest BCUT2D eigenvalue weighted by atomic mass is 16.6. The highest BCUT2D eigenvalue weighted by molar-refractivity contribution is 5.75. The average Bonchev–Trinajstić information content (AvgIpc) is 2.29. The van der Waals surface area contributed by atoms with E-state index in [4.69, 9.17) is 5.21 Å². The van der Waals surface area contributed by atoms with E-state index >= 15 is 0 Å². The van der Waals surface area contributed by atoms with E-state index in [1.807, 2.05) is 0 Å². The molecule has 0 heterocycles. The molecule has 0 radical (unpaired) electrons. The second-order valence-electron chi connectivity index (χ2n) is 3.02. The van der Waals surface area contributed by atoms with Gasteiger partial charge >= 0.3 is 0 Å². The quantitative estimate of drug-likeness (QED) is 0.392. The normalized spacial score (nSPS) is 9.56. The number of amides is 1. The van der Waals surface area contributed by atoms with Gasteiger partial charge in [0.2, 0.25) is 5.91 Å². The van der Waals surface area contributed by atoms with E-state index < -0.39 is 10.8 Å². The van der Waals surface area contributed by atoms with Gasteiger partial charge in [0.15, 0.2) is 0 Å². The summed E-state index contributed by atoms with van der Waals surface area (Å²) in [5.41, 5.74) is 2.20. The number of benzene rings is 1. The highest BCUT2D eigenvalue weighted by Gasteiger charge is 2.03. The minimum absolute atomic E-state index is 0.0126. The fraction of sp³-hybridized carbons (Fsp3) is 0.222. The molecule has 7 nitrogen and oxygen atoms in total. The molecule has 1 rings (SSSR count). The maximum atomic E-state index is 10.7. The van der Waals surface area contributed by atoms with Crippen molar-refractivity contribution in [2.75, 3.05) is 11.9 Å². The first-order chi connectivity index (χ1) is 7.63. The van der Waals surface area contributed by atoms with Gasteiger partial charge in [-0.2, -0.15) is 0 Å². The van der Waals surface area contributed by atoms with E-state index in [1.54, 1.807) is 12.1 Å². The molecule has 16 heavy (non-hydrogen) atoms. The minimum atomic E-state index is -0.491. The summed E-state index contributed by atoms with van der Waals surface area (Å²) in [5.74, 6) is -0.491. The van der Waals surface area contributed by atoms with Crippen molar-refractivity contribution >= 4 is 17.3 Å². The second-order valence-corrected chi connectivity index (χ2v) is 3.02. The largest absolute Gasteiger partial charge is 0.385 e. The van der Waals surface area contributed by atoms with Gasteiger partial charge in [0, 0.05) is 30.8 Å². The third-order valence-corrected chi connectivity index (χ3v) is 1.88. The van der Waals surface area contributed by atoms with Crippen LogP contribution in [-0.2, 0) is 4.79 Å². The molecule has 0 aromatic heterocycles. The van der Waals surface area contributed by atoms with Gasteiger partial charge in [0.25, 0.3) is 5.69 Å². The molecule has 0 bridgehead atoms. The molecule has 1 aromatic rings. The predicted molar refractivity (Wildman–Crippen MR) is 56.1 cm³/mol. The van der Waals surface area contributed by atoms with E-state index in [0.717, 1.165) is 0 Å². The highest BCUT2D eigenvalue weighted by Crippen LogP contribution is 2.14. The minimum Gasteiger partial charge on any atom is -0.385 e. The fourth-order valence-electron chi connectivity index (χ4n) is 1.08. The maximum Gasteiger partial charge on any atom is 0.269 e. The van der Waals surface area contributed by atoms with Gasteiger partial charge in [-0.1, -0.05) is 0 Å². The van der Waals surface area contributed by atoms with Gasteiger partial charge in [-0.15, -0.1) is 0 Å². The molecule has 0 aliphatic carbocycles. The van der Waals surface area contributed by atoms with Crippen molar-refractivity contribution in [3.05, 3.63) is 34.4 Å². The van der Waals surface area contributed by atoms with Gasteiger partial charge in [0.1, 0.15) is 0 Å². The van der Waals surface area contributed by atoms with E-state index in [-0.39, 0.29) is 12.1 Å². The van der Waals surface area contributed by atoms with Crippen molar-refractivity contribution in [3.63, 3.8) is 0 Å². The Morgan fingerprint density at radius 3 is 2.50 bits per heavy atom. The lowest BCUT2D eigenvalue weighted by molar-refractivity contribution is -0.384. The third-order valence-electron chi connectivity index (χ3n) is 1.88. The van der Waals surface area contributed by atoms with E-state index in [2.05, 4.69) is 5.32 Å². The van der Waals surface area contributed by atoms with Crippen molar-refractivity contribution in [1.82, 2.24) is 5.48 Å². The Kier molecular flexibility index (Phi) is 4.22. The molecule has 0 saturated heterocycles. The molecular weight excluding hydrogens is 214 g/mol. The summed E-state index contributed by atoms with van der Waals surface area (Å²) in [4.78, 5) is 20.5. The number of nitro benzene ring substituents is 1. The summed E-state index contributed by atoms with van der Waals surface area (Å²) in [5, 5.41) is 21.5. The zero-order valence-electron chi connectivity index (χ0n) is 8.34. The first-order valence-corrected chi connectivity index (χ1v) is 4.54. The first-order valence-electron chi connectivity index (χ1n) is 4.54. The SMILES string of the molecule is O=C(CCNc1ccc([N+](=O)[O-])cc1)NO. The molecule has 3 N–H and O–H groups in total. The van der Waals surface area contributed by atoms with Gasteiger partial charge in [-0.3, -0.25) is 20.1 Å². The standard InChI is InChI=1S/C9H11N3O4/c13-9(11-14)5-6-10-7-1-3-8(4-2-7)12(15)16/h1-4,10,14H,5-6H2,(H,11,13). The lowest BCUT2D eigenvalue weighted by Gasteiger charge is -2.04. The number of nitrogens with one attached hydrogen (secondary N) is 2. The lowest BCUT2D eigenvalue weighted by Crippen LogP contribution is -2.21. The predicted octanol–water partition coefficient (Wildman–Crippen LogP) is 0.902. The summed E-state index contributed by atoms with van der Waals surface area (Å²) in [6.07, 6.45) is 0.119. The summed E-state index contributed by atoms with van der Waals surface area (Å²) >= 11 is 0. The summed E-state index contributed by atoms with van der Waals surface area (Å²) < 4.78 is 0. The Labute approximate surface area is 91.2 Å². The number of hydrogen-bond acceptors (Lipinski definition) is 5. The zero-order valence-corrected chi connectivity index (χ0v) is 8.34. The molecule has 86 valence electrons. The van der Waals surface area contributed by atoms with Crippen LogP contribution in [0.2, 0.25) is 0 Å². The molecule has 0 aliphatic rings. The Hall–Kier alpha value is -2.15. The zero-order chi connectivity index (χ0) is 12.0. The molecular formula is C9H11N3O4. The smallest absolute Gasteiger partial charge is 0.269 e. The van der Waals surface area contributed by atoms with E-state index in [1.165, 1.54) is 17.6 Å². The second kappa shape index (κ2) is 5.66. The average molecular weight is 225 g/mol. The van der Waals surface area contributed by atoms with Crippen LogP contribution in [0.15, 0.2) is 24.3 Å². The molecule has 0 aliphatic heterocycles. The van der Waals surface area contributed by atoms with Crippen LogP contribution in [0.3, 0.4) is 0 Å². The van der Waals surface area contributed by atoms with Crippen LogP contribution in [0.4, 0.5) is 11.4 Å². The van der Waals surface area contributed by atoms with E-state index in [9.17, 15) is 14.9 Å². The van der Waals surface area contributed by atoms with Gasteiger partial charge in [-0.25, -0.2) is 5.48 Å². The molecule has 0 unspecified atom stereocenters. The monoisotopic (exact) mass is 225 g/mol. The van der Waals surface area contributed by atoms with Crippen LogP contribution in [0.5, 0.6) is 0 Å². The molecule has 0 saturated carbocycles. The van der Waals surface area contributed by atoms with Crippen molar-refractivity contribution in [2.24, 2.45) is 0 Å². The molecule has 1 aromatic carbocycles. The van der Waals surface area contributed by atoms with Crippen LogP contribution < -0.4 is 10.8 Å². The van der Waals surface area contributed by atoms with Crippen molar-refractivity contribution in [3.8, 4) is 0 Å². The van der Waals surface area contributed by atoms with Gasteiger partial charge < -0.3 is 5.32 Å². The van der Waals surface area contributed by atoms with Gasteiger partial charge in [-0.05, 0) is 12.1 Å². The number of nitro groups is 1. The Balaban J connectivity index is 2.43. The Bertz CT molecular complexity index is 377. The Morgan fingerprint density at radius 1 is 1.38 bits per heavy atom. The number of rotatable bonds is 5. The van der Waals surface area contributed by atoms with Crippen molar-refractivity contribution in [1.29, 1.82) is 0 Å². The van der Waals surface area contributed by atoms with Crippen LogP contribution in [0, 0.1) is 10.1 Å². The summed E-state index contributed by atoms with van der Waals surface area (Å²) in [7, 11) is 0. The number of nitrogens with zero attached hydrogens (tertiary/aromatic N) is 1. The number of carbonyl (C=O) groups is 1. The Morgan fingerprint density at radius 2 is 2.00 bits per heavy atom. The number of hydroxylamine groups is 1. The summed E-state index contributed by atoms with van der Waals surface area (Å²) in [6.45, 7) is 0.338. The molecule has 1 amide bonds. The maximum absolute atomic E-state index is 10.7. The van der Waals surface area contributed by atoms with Crippen molar-refractivity contribution < 1.29 is 14.9 Å². The van der Waals surface area contributed by atoms with E-state index in [0.29, 0.717) is 12.2 Å². The van der Waals surface area contributed by atoms with Crippen LogP contribution >= 0.6 is 0 Å². The first kappa shape index (κ1) is 11.9. The topological polar surface area (TPSA) is 104 Å². The van der Waals surface area contributed by atoms with Crippen LogP contribution in [0.1, 0.15) is 6.42 Å². The fourth-order valence-corrected chi connectivity index (χ4v) is 1.08. The number of hydrogen-bond donors (Lipinski definition) is 3. The summed E-state index contributed by atoms with van der Waals surface area (Å²) in [6, 6.07) is 5.84. The molecule has 0 atom stereocenters. The third kappa shape index (κ3) is 3.54. The van der Waals surface area contributed by atoms with Crippen molar-refractivity contribution in [2.45, 2.75) is 6.42 Å². The van der Waals surface area contributed by atoms with Crippen LogP contribution in [-0.4, -0.2) is 22.6 Å². The lowest BCUT2D eigenvalue weighted by atomic mass is 10.3. The van der Waals surface area contributed by atoms with Crippen LogP contribution in [0.25, 0.3) is 0 Å². The molecule has 0 spiro atoms. The van der Waals surface area contributed by atoms with Gasteiger partial charge in [0.05, 0.1) is 4.92 Å². The number of carbonyl (C=O) groups excluding carboxylic acids is 1.